The smallest absolute Gasteiger partial charge is 0.395 e. The zero-order valence-electron chi connectivity index (χ0n) is 6.08. The second-order valence-electron chi connectivity index (χ2n) is 2.69. The summed E-state index contributed by atoms with van der Waals surface area (Å²) in [5.41, 5.74) is 0. The van der Waals surface area contributed by atoms with Gasteiger partial charge < -0.3 is 10.2 Å². The molecule has 1 saturated heterocycles. The first-order chi connectivity index (χ1) is 5.45. The normalized spacial score (nSPS) is 37.2. The predicted octanol–water partition coefficient (Wildman–Crippen LogP) is 0.776. The van der Waals surface area contributed by atoms with Crippen LogP contribution in [0.5, 0.6) is 0 Å². The van der Waals surface area contributed by atoms with Gasteiger partial charge in [0.1, 0.15) is 5.25 Å². The SMILES string of the molecule is OCC1SC(C(F)(F)F)CC1O. The van der Waals surface area contributed by atoms with Crippen LogP contribution in [0.2, 0.25) is 0 Å². The molecule has 1 aliphatic rings. The molecule has 2 N–H and O–H groups in total. The third kappa shape index (κ3) is 2.05. The fourth-order valence-corrected chi connectivity index (χ4v) is 2.37. The summed E-state index contributed by atoms with van der Waals surface area (Å²) in [6, 6.07) is 0. The van der Waals surface area contributed by atoms with Gasteiger partial charge in [-0.25, -0.2) is 0 Å². The van der Waals surface area contributed by atoms with Gasteiger partial charge in [0.2, 0.25) is 0 Å². The van der Waals surface area contributed by atoms with Crippen molar-refractivity contribution in [2.75, 3.05) is 6.61 Å². The summed E-state index contributed by atoms with van der Waals surface area (Å²) in [7, 11) is 0. The molecule has 0 aromatic heterocycles. The molecule has 1 aliphatic heterocycles. The lowest BCUT2D eigenvalue weighted by molar-refractivity contribution is -0.131. The van der Waals surface area contributed by atoms with Crippen LogP contribution in [-0.4, -0.2) is 39.6 Å². The van der Waals surface area contributed by atoms with E-state index in [1.165, 1.54) is 0 Å². The van der Waals surface area contributed by atoms with E-state index in [4.69, 9.17) is 10.2 Å². The minimum Gasteiger partial charge on any atom is -0.395 e. The summed E-state index contributed by atoms with van der Waals surface area (Å²) in [5.74, 6) is 0. The highest BCUT2D eigenvalue weighted by Crippen LogP contribution is 2.42. The third-order valence-electron chi connectivity index (χ3n) is 1.77. The van der Waals surface area contributed by atoms with Gasteiger partial charge in [-0.3, -0.25) is 0 Å². The first-order valence-corrected chi connectivity index (χ1v) is 4.40. The molecule has 0 aliphatic carbocycles. The van der Waals surface area contributed by atoms with Crippen molar-refractivity contribution in [3.05, 3.63) is 0 Å². The summed E-state index contributed by atoms with van der Waals surface area (Å²) in [6.45, 7) is -0.404. The van der Waals surface area contributed by atoms with Gasteiger partial charge in [-0.1, -0.05) is 0 Å². The molecule has 0 aromatic rings. The minimum atomic E-state index is -4.27. The van der Waals surface area contributed by atoms with Crippen LogP contribution in [0, 0.1) is 0 Å². The van der Waals surface area contributed by atoms with Crippen LogP contribution in [0.1, 0.15) is 6.42 Å². The fourth-order valence-electron chi connectivity index (χ4n) is 1.10. The Morgan fingerprint density at radius 3 is 2.25 bits per heavy atom. The van der Waals surface area contributed by atoms with Gasteiger partial charge >= 0.3 is 6.18 Å². The quantitative estimate of drug-likeness (QED) is 0.660. The van der Waals surface area contributed by atoms with Gasteiger partial charge in [0, 0.05) is 0 Å². The highest BCUT2D eigenvalue weighted by atomic mass is 32.2. The van der Waals surface area contributed by atoms with E-state index in [9.17, 15) is 13.2 Å². The molecule has 72 valence electrons. The Kier molecular flexibility index (Phi) is 2.90. The zero-order valence-corrected chi connectivity index (χ0v) is 6.90. The second-order valence-corrected chi connectivity index (χ2v) is 4.14. The summed E-state index contributed by atoms with van der Waals surface area (Å²) in [4.78, 5) is 0. The van der Waals surface area contributed by atoms with Crippen molar-refractivity contribution < 1.29 is 23.4 Å². The molecule has 0 bridgehead atoms. The Morgan fingerprint density at radius 2 is 2.00 bits per heavy atom. The van der Waals surface area contributed by atoms with Crippen LogP contribution >= 0.6 is 11.8 Å². The summed E-state index contributed by atoms with van der Waals surface area (Å²) >= 11 is 0.601. The average molecular weight is 202 g/mol. The van der Waals surface area contributed by atoms with Gasteiger partial charge in [-0.2, -0.15) is 13.2 Å². The Hall–Kier alpha value is 0.0600. The van der Waals surface area contributed by atoms with Crippen LogP contribution in [0.3, 0.4) is 0 Å². The highest BCUT2D eigenvalue weighted by Gasteiger charge is 2.48. The van der Waals surface area contributed by atoms with Crippen LogP contribution < -0.4 is 0 Å². The number of thioether (sulfide) groups is 1. The predicted molar refractivity (Wildman–Crippen MR) is 38.9 cm³/mol. The van der Waals surface area contributed by atoms with Gasteiger partial charge in [-0.05, 0) is 6.42 Å². The zero-order chi connectivity index (χ0) is 9.35. The average Bonchev–Trinajstić information content (AvgIpc) is 2.29. The number of hydrogen-bond donors (Lipinski definition) is 2. The molecule has 2 nitrogen and oxygen atoms in total. The van der Waals surface area contributed by atoms with Crippen molar-refractivity contribution in [2.45, 2.75) is 29.2 Å². The van der Waals surface area contributed by atoms with Crippen LogP contribution in [0.15, 0.2) is 0 Å². The lowest BCUT2D eigenvalue weighted by Gasteiger charge is -2.12. The minimum absolute atomic E-state index is 0.306. The van der Waals surface area contributed by atoms with E-state index in [0.717, 1.165) is 0 Å². The molecule has 0 aromatic carbocycles. The Bertz CT molecular complexity index is 161. The van der Waals surface area contributed by atoms with E-state index >= 15 is 0 Å². The fraction of sp³-hybridized carbons (Fsp3) is 1.00. The van der Waals surface area contributed by atoms with Crippen LogP contribution in [0.25, 0.3) is 0 Å². The lowest BCUT2D eigenvalue weighted by Crippen LogP contribution is -2.24. The number of halogens is 3. The van der Waals surface area contributed by atoms with Crippen molar-refractivity contribution in [2.24, 2.45) is 0 Å². The third-order valence-corrected chi connectivity index (χ3v) is 3.37. The lowest BCUT2D eigenvalue weighted by atomic mass is 10.1. The molecular weight excluding hydrogens is 193 g/mol. The highest BCUT2D eigenvalue weighted by molar-refractivity contribution is 8.00. The standard InChI is InChI=1S/C6H9F3O2S/c7-6(8,9)5-1-3(11)4(2-10)12-5/h3-5,10-11H,1-2H2. The van der Waals surface area contributed by atoms with Crippen molar-refractivity contribution in [1.29, 1.82) is 0 Å². The first-order valence-electron chi connectivity index (χ1n) is 3.46. The summed E-state index contributed by atoms with van der Waals surface area (Å²) in [5, 5.41) is 15.4. The van der Waals surface area contributed by atoms with E-state index in [1.807, 2.05) is 0 Å². The molecule has 1 fully saturated rings. The topological polar surface area (TPSA) is 40.5 Å². The molecule has 1 heterocycles. The number of alkyl halides is 3. The molecule has 3 unspecified atom stereocenters. The van der Waals surface area contributed by atoms with E-state index in [0.29, 0.717) is 11.8 Å². The van der Waals surface area contributed by atoms with Crippen molar-refractivity contribution in [3.8, 4) is 0 Å². The molecule has 0 radical (unpaired) electrons. The van der Waals surface area contributed by atoms with E-state index in [2.05, 4.69) is 0 Å². The van der Waals surface area contributed by atoms with Crippen molar-refractivity contribution in [3.63, 3.8) is 0 Å². The molecular formula is C6H9F3O2S. The maximum atomic E-state index is 12.0. The summed E-state index contributed by atoms with van der Waals surface area (Å²) in [6.07, 6.45) is -5.61. The maximum absolute atomic E-state index is 12.0. The number of hydrogen-bond acceptors (Lipinski definition) is 3. The van der Waals surface area contributed by atoms with Crippen molar-refractivity contribution in [1.82, 2.24) is 0 Å². The van der Waals surface area contributed by atoms with Crippen LogP contribution in [0.4, 0.5) is 13.2 Å². The largest absolute Gasteiger partial charge is 0.400 e. The Labute approximate surface area is 71.8 Å². The van der Waals surface area contributed by atoms with Crippen molar-refractivity contribution >= 4 is 11.8 Å². The van der Waals surface area contributed by atoms with Gasteiger partial charge in [0.05, 0.1) is 18.0 Å². The molecule has 12 heavy (non-hydrogen) atoms. The number of rotatable bonds is 1. The monoisotopic (exact) mass is 202 g/mol. The molecule has 6 heteroatoms. The molecule has 1 rings (SSSR count). The molecule has 3 atom stereocenters. The van der Waals surface area contributed by atoms with E-state index in [-0.39, 0.29) is 6.42 Å². The van der Waals surface area contributed by atoms with Gasteiger partial charge in [0.25, 0.3) is 0 Å². The van der Waals surface area contributed by atoms with Gasteiger partial charge in [-0.15, -0.1) is 11.8 Å². The number of aliphatic hydroxyl groups excluding tert-OH is 2. The summed E-state index contributed by atoms with van der Waals surface area (Å²) < 4.78 is 36.1. The van der Waals surface area contributed by atoms with Crippen LogP contribution in [-0.2, 0) is 0 Å². The number of aliphatic hydroxyl groups is 2. The Balaban J connectivity index is 2.54. The molecule has 0 amide bonds. The maximum Gasteiger partial charge on any atom is 0.400 e. The second kappa shape index (κ2) is 3.43. The Morgan fingerprint density at radius 1 is 1.42 bits per heavy atom. The van der Waals surface area contributed by atoms with Gasteiger partial charge in [0.15, 0.2) is 0 Å². The molecule has 0 spiro atoms. The van der Waals surface area contributed by atoms with E-state index < -0.39 is 29.4 Å². The molecule has 0 saturated carbocycles. The van der Waals surface area contributed by atoms with E-state index in [1.54, 1.807) is 0 Å². The first kappa shape index (κ1) is 10.1.